The summed E-state index contributed by atoms with van der Waals surface area (Å²) < 4.78 is 58.0. The van der Waals surface area contributed by atoms with Crippen molar-refractivity contribution in [3.8, 4) is 0 Å². The standard InChI is InChI=1S/C17H18N6O7S2/c18-11-1-3-12(4-2-11)19-15-21-16(23-17(24)22-15)20-13-5-7-14(8-6-13)31(25,26)10-9-30-32(27,28)29/h1-8H,9-10,18H2,(H,27,28,29)(H3,19,20,21,22,23,24). The van der Waals surface area contributed by atoms with Crippen molar-refractivity contribution in [3.63, 3.8) is 0 Å². The number of aromatic amines is 1. The molecule has 0 fully saturated rings. The summed E-state index contributed by atoms with van der Waals surface area (Å²) >= 11 is 0. The lowest BCUT2D eigenvalue weighted by Crippen LogP contribution is -2.17. The topological polar surface area (TPSA) is 206 Å². The van der Waals surface area contributed by atoms with Crippen LogP contribution in [-0.4, -0.2) is 48.7 Å². The molecule has 32 heavy (non-hydrogen) atoms. The van der Waals surface area contributed by atoms with E-state index in [0.29, 0.717) is 17.1 Å². The van der Waals surface area contributed by atoms with E-state index in [9.17, 15) is 21.6 Å². The van der Waals surface area contributed by atoms with Crippen LogP contribution in [0.15, 0.2) is 58.2 Å². The summed E-state index contributed by atoms with van der Waals surface area (Å²) in [5.41, 5.74) is 6.56. The summed E-state index contributed by atoms with van der Waals surface area (Å²) in [5, 5.41) is 5.69. The number of rotatable bonds is 9. The molecule has 1 aromatic heterocycles. The third-order valence-electron chi connectivity index (χ3n) is 3.88. The van der Waals surface area contributed by atoms with Crippen LogP contribution in [0, 0.1) is 0 Å². The molecule has 3 aromatic rings. The molecule has 6 N–H and O–H groups in total. The lowest BCUT2D eigenvalue weighted by molar-refractivity contribution is 0.284. The van der Waals surface area contributed by atoms with Crippen molar-refractivity contribution in [1.29, 1.82) is 0 Å². The van der Waals surface area contributed by atoms with Crippen LogP contribution in [0.4, 0.5) is 29.0 Å². The van der Waals surface area contributed by atoms with E-state index in [1.165, 1.54) is 24.3 Å². The van der Waals surface area contributed by atoms with Gasteiger partial charge < -0.3 is 16.4 Å². The average molecular weight is 483 g/mol. The van der Waals surface area contributed by atoms with Gasteiger partial charge in [0.05, 0.1) is 17.3 Å². The summed E-state index contributed by atoms with van der Waals surface area (Å²) in [5.74, 6) is -0.573. The first-order chi connectivity index (χ1) is 15.0. The van der Waals surface area contributed by atoms with Gasteiger partial charge in [0.2, 0.25) is 11.9 Å². The predicted molar refractivity (Wildman–Crippen MR) is 116 cm³/mol. The molecule has 0 spiro atoms. The molecule has 0 saturated heterocycles. The van der Waals surface area contributed by atoms with Crippen LogP contribution in [0.5, 0.6) is 0 Å². The fraction of sp³-hybridized carbons (Fsp3) is 0.118. The van der Waals surface area contributed by atoms with E-state index in [1.807, 2.05) is 0 Å². The predicted octanol–water partition coefficient (Wildman–Crippen LogP) is 0.827. The highest BCUT2D eigenvalue weighted by Gasteiger charge is 2.16. The zero-order valence-electron chi connectivity index (χ0n) is 16.2. The molecule has 1 heterocycles. The second-order valence-electron chi connectivity index (χ2n) is 6.29. The van der Waals surface area contributed by atoms with E-state index in [0.717, 1.165) is 0 Å². The van der Waals surface area contributed by atoms with Crippen LogP contribution in [0.25, 0.3) is 0 Å². The monoisotopic (exact) mass is 482 g/mol. The largest absolute Gasteiger partial charge is 0.399 e. The summed E-state index contributed by atoms with van der Waals surface area (Å²) in [6.07, 6.45) is 0. The maximum Gasteiger partial charge on any atom is 0.397 e. The number of aromatic nitrogens is 3. The molecule has 15 heteroatoms. The van der Waals surface area contributed by atoms with Gasteiger partial charge in [0.25, 0.3) is 0 Å². The van der Waals surface area contributed by atoms with Crippen LogP contribution in [0.3, 0.4) is 0 Å². The minimum absolute atomic E-state index is 0.0381. The van der Waals surface area contributed by atoms with Crippen molar-refractivity contribution >= 4 is 49.2 Å². The van der Waals surface area contributed by atoms with E-state index < -0.39 is 38.3 Å². The Labute approximate surface area is 182 Å². The van der Waals surface area contributed by atoms with Crippen LogP contribution in [0.1, 0.15) is 0 Å². The Morgan fingerprint density at radius 2 is 1.53 bits per heavy atom. The average Bonchev–Trinajstić information content (AvgIpc) is 2.68. The Bertz CT molecular complexity index is 1360. The zero-order valence-corrected chi connectivity index (χ0v) is 17.9. The van der Waals surface area contributed by atoms with Crippen molar-refractivity contribution in [2.24, 2.45) is 0 Å². The number of nitrogens with zero attached hydrogens (tertiary/aromatic N) is 2. The van der Waals surface area contributed by atoms with Gasteiger partial charge in [-0.2, -0.15) is 18.4 Å². The van der Waals surface area contributed by atoms with E-state index >= 15 is 0 Å². The van der Waals surface area contributed by atoms with Crippen molar-refractivity contribution in [2.75, 3.05) is 28.7 Å². The van der Waals surface area contributed by atoms with Crippen LogP contribution >= 0.6 is 0 Å². The number of benzene rings is 2. The Morgan fingerprint density at radius 1 is 0.938 bits per heavy atom. The van der Waals surface area contributed by atoms with E-state index in [4.69, 9.17) is 10.3 Å². The first-order valence-corrected chi connectivity index (χ1v) is 11.8. The summed E-state index contributed by atoms with van der Waals surface area (Å²) in [7, 11) is -8.58. The Hall–Kier alpha value is -3.53. The maximum absolute atomic E-state index is 12.2. The molecule has 0 amide bonds. The minimum atomic E-state index is -4.73. The van der Waals surface area contributed by atoms with Crippen molar-refractivity contribution in [3.05, 3.63) is 59.0 Å². The minimum Gasteiger partial charge on any atom is -0.399 e. The number of hydrogen-bond acceptors (Lipinski definition) is 11. The van der Waals surface area contributed by atoms with Crippen molar-refractivity contribution in [1.82, 2.24) is 15.0 Å². The molecule has 0 saturated carbocycles. The summed E-state index contributed by atoms with van der Waals surface area (Å²) in [6, 6.07) is 12.1. The lowest BCUT2D eigenvalue weighted by Gasteiger charge is -2.09. The number of nitrogen functional groups attached to an aromatic ring is 1. The Balaban J connectivity index is 1.70. The van der Waals surface area contributed by atoms with Crippen LogP contribution < -0.4 is 22.1 Å². The van der Waals surface area contributed by atoms with Gasteiger partial charge in [-0.3, -0.25) is 9.54 Å². The Kier molecular flexibility index (Phi) is 6.73. The lowest BCUT2D eigenvalue weighted by atomic mass is 10.3. The summed E-state index contributed by atoms with van der Waals surface area (Å²) in [6.45, 7) is -0.731. The van der Waals surface area contributed by atoms with Gasteiger partial charge in [0.1, 0.15) is 0 Å². The molecule has 0 bridgehead atoms. The van der Waals surface area contributed by atoms with Gasteiger partial charge in [-0.05, 0) is 48.5 Å². The van der Waals surface area contributed by atoms with Gasteiger partial charge in [-0.1, -0.05) is 0 Å². The smallest absolute Gasteiger partial charge is 0.397 e. The SMILES string of the molecule is Nc1ccc(Nc2nc(Nc3ccc(S(=O)(=O)CCOS(=O)(=O)O)cc3)nc(=O)[nH]2)cc1. The van der Waals surface area contributed by atoms with Crippen LogP contribution in [-0.2, 0) is 24.4 Å². The first-order valence-electron chi connectivity index (χ1n) is 8.83. The van der Waals surface area contributed by atoms with Crippen molar-refractivity contribution in [2.45, 2.75) is 4.90 Å². The number of nitrogens with one attached hydrogen (secondary N) is 3. The molecule has 170 valence electrons. The second kappa shape index (κ2) is 9.31. The fourth-order valence-corrected chi connectivity index (χ4v) is 3.93. The molecular formula is C17H18N6O7S2. The number of H-pyrrole nitrogens is 1. The fourth-order valence-electron chi connectivity index (χ4n) is 2.44. The number of nitrogens with two attached hydrogens (primary N) is 1. The number of hydrogen-bond donors (Lipinski definition) is 5. The van der Waals surface area contributed by atoms with E-state index in [-0.39, 0.29) is 16.8 Å². The molecule has 0 aliphatic carbocycles. The maximum atomic E-state index is 12.2. The van der Waals surface area contributed by atoms with Crippen LogP contribution in [0.2, 0.25) is 0 Å². The highest BCUT2D eigenvalue weighted by molar-refractivity contribution is 7.91. The van der Waals surface area contributed by atoms with Crippen molar-refractivity contribution < 1.29 is 25.6 Å². The van der Waals surface area contributed by atoms with Gasteiger partial charge in [0, 0.05) is 17.1 Å². The van der Waals surface area contributed by atoms with E-state index in [1.54, 1.807) is 24.3 Å². The van der Waals surface area contributed by atoms with Gasteiger partial charge in [-0.25, -0.2) is 17.4 Å². The number of sulfone groups is 1. The molecule has 0 aliphatic rings. The molecule has 2 aromatic carbocycles. The third kappa shape index (κ3) is 6.74. The highest BCUT2D eigenvalue weighted by Crippen LogP contribution is 2.19. The molecule has 3 rings (SSSR count). The van der Waals surface area contributed by atoms with Gasteiger partial charge >= 0.3 is 16.1 Å². The van der Waals surface area contributed by atoms with Gasteiger partial charge in [0.15, 0.2) is 9.84 Å². The zero-order chi connectivity index (χ0) is 23.4. The molecule has 0 atom stereocenters. The molecule has 0 unspecified atom stereocenters. The highest BCUT2D eigenvalue weighted by atomic mass is 32.3. The molecule has 0 aliphatic heterocycles. The third-order valence-corrected chi connectivity index (χ3v) is 6.04. The quantitative estimate of drug-likeness (QED) is 0.212. The first kappa shape index (κ1) is 23.1. The molecule has 0 radical (unpaired) electrons. The van der Waals surface area contributed by atoms with Gasteiger partial charge in [-0.15, -0.1) is 0 Å². The summed E-state index contributed by atoms with van der Waals surface area (Å²) in [4.78, 5) is 22.0. The molecule has 13 nitrogen and oxygen atoms in total. The second-order valence-corrected chi connectivity index (χ2v) is 9.49. The Morgan fingerprint density at radius 3 is 2.16 bits per heavy atom. The molecular weight excluding hydrogens is 464 g/mol. The van der Waals surface area contributed by atoms with E-state index in [2.05, 4.69) is 29.8 Å². The normalized spacial score (nSPS) is 11.8. The number of anilines is 5.